The molecule has 1 heterocycles. The second kappa shape index (κ2) is 12.1. The topological polar surface area (TPSA) is 122 Å². The first-order valence-corrected chi connectivity index (χ1v) is 10.3. The number of carboxylic acids is 1. The maximum atomic E-state index is 12.9. The minimum atomic E-state index is -5.08. The first-order chi connectivity index (χ1) is 14.4. The Balaban J connectivity index is 0.000000592. The minimum Gasteiger partial charge on any atom is -0.475 e. The van der Waals surface area contributed by atoms with E-state index in [0.29, 0.717) is 6.42 Å². The number of piperidine rings is 1. The zero-order valence-electron chi connectivity index (χ0n) is 17.2. The maximum absolute atomic E-state index is 12.9. The lowest BCUT2D eigenvalue weighted by Crippen LogP contribution is -2.51. The number of benzene rings is 1. The summed E-state index contributed by atoms with van der Waals surface area (Å²) in [6.45, 7) is 3.66. The summed E-state index contributed by atoms with van der Waals surface area (Å²) in [7, 11) is 0. The number of carboxylic acid groups (broad SMARTS) is 1. The van der Waals surface area contributed by atoms with E-state index in [2.05, 4.69) is 42.3 Å². The van der Waals surface area contributed by atoms with Gasteiger partial charge < -0.3 is 21.5 Å². The molecule has 0 spiro atoms. The zero-order valence-corrected chi connectivity index (χ0v) is 18.1. The van der Waals surface area contributed by atoms with E-state index < -0.39 is 23.6 Å². The zero-order chi connectivity index (χ0) is 23.7. The van der Waals surface area contributed by atoms with Crippen molar-refractivity contribution in [2.45, 2.75) is 38.4 Å². The van der Waals surface area contributed by atoms with E-state index in [1.54, 1.807) is 0 Å². The molecule has 174 valence electrons. The molecule has 2 rings (SSSR count). The Labute approximate surface area is 184 Å². The molecule has 0 radical (unpaired) electrons. The minimum absolute atomic E-state index is 0.0243. The van der Waals surface area contributed by atoms with Gasteiger partial charge in [0.15, 0.2) is 5.78 Å². The van der Waals surface area contributed by atoms with E-state index >= 15 is 0 Å². The van der Waals surface area contributed by atoms with Gasteiger partial charge in [-0.15, -0.1) is 0 Å². The van der Waals surface area contributed by atoms with Crippen LogP contribution in [0.15, 0.2) is 24.3 Å². The molecule has 1 saturated heterocycles. The molecular formula is C20H28F3N3O4S. The summed E-state index contributed by atoms with van der Waals surface area (Å²) in [5, 5.41) is 13.3. The molecule has 1 fully saturated rings. The Morgan fingerprint density at radius 3 is 2.29 bits per heavy atom. The molecule has 0 aliphatic carbocycles. The van der Waals surface area contributed by atoms with Crippen molar-refractivity contribution in [3.8, 4) is 0 Å². The molecule has 1 aromatic carbocycles. The van der Waals surface area contributed by atoms with Gasteiger partial charge in [0.2, 0.25) is 5.91 Å². The van der Waals surface area contributed by atoms with Crippen LogP contribution in [0.1, 0.15) is 24.0 Å². The fourth-order valence-electron chi connectivity index (χ4n) is 3.15. The number of nitrogens with two attached hydrogens (primary N) is 1. The van der Waals surface area contributed by atoms with Gasteiger partial charge in [0, 0.05) is 5.75 Å². The van der Waals surface area contributed by atoms with Crippen molar-refractivity contribution in [2.24, 2.45) is 11.1 Å². The Morgan fingerprint density at radius 2 is 1.81 bits per heavy atom. The third-order valence-electron chi connectivity index (χ3n) is 5.11. The highest BCUT2D eigenvalue weighted by Gasteiger charge is 2.40. The van der Waals surface area contributed by atoms with Crippen LogP contribution in [0.4, 0.5) is 13.2 Å². The summed E-state index contributed by atoms with van der Waals surface area (Å²) in [4.78, 5) is 33.7. The van der Waals surface area contributed by atoms with Crippen molar-refractivity contribution in [3.05, 3.63) is 35.4 Å². The molecule has 1 aromatic rings. The second-order valence-corrected chi connectivity index (χ2v) is 7.74. The van der Waals surface area contributed by atoms with Crippen LogP contribution >= 0.6 is 12.6 Å². The van der Waals surface area contributed by atoms with Gasteiger partial charge in [-0.05, 0) is 50.4 Å². The van der Waals surface area contributed by atoms with E-state index in [1.807, 2.05) is 12.1 Å². The highest BCUT2D eigenvalue weighted by Crippen LogP contribution is 2.34. The van der Waals surface area contributed by atoms with Crippen molar-refractivity contribution in [3.63, 3.8) is 0 Å². The highest BCUT2D eigenvalue weighted by atomic mass is 32.1. The van der Waals surface area contributed by atoms with Crippen molar-refractivity contribution in [1.29, 1.82) is 0 Å². The molecule has 7 nitrogen and oxygen atoms in total. The molecule has 0 aromatic heterocycles. The fraction of sp³-hybridized carbons (Fsp3) is 0.550. The van der Waals surface area contributed by atoms with Crippen LogP contribution in [0, 0.1) is 12.3 Å². The highest BCUT2D eigenvalue weighted by molar-refractivity contribution is 7.80. The maximum Gasteiger partial charge on any atom is 0.490 e. The summed E-state index contributed by atoms with van der Waals surface area (Å²) in [5.41, 5.74) is 7.58. The summed E-state index contributed by atoms with van der Waals surface area (Å²) in [6.07, 6.45) is -2.86. The van der Waals surface area contributed by atoms with Crippen LogP contribution < -0.4 is 16.4 Å². The van der Waals surface area contributed by atoms with Gasteiger partial charge in [0.25, 0.3) is 0 Å². The molecular weight excluding hydrogens is 435 g/mol. The van der Waals surface area contributed by atoms with Gasteiger partial charge in [0.05, 0.1) is 18.0 Å². The molecule has 0 saturated carbocycles. The van der Waals surface area contributed by atoms with Crippen LogP contribution in [-0.2, 0) is 20.8 Å². The third-order valence-corrected chi connectivity index (χ3v) is 5.50. The number of carbonyl (C=O) groups is 3. The largest absolute Gasteiger partial charge is 0.490 e. The summed E-state index contributed by atoms with van der Waals surface area (Å²) in [5.74, 6) is -2.70. The van der Waals surface area contributed by atoms with Gasteiger partial charge in [-0.3, -0.25) is 9.59 Å². The Morgan fingerprint density at radius 1 is 1.26 bits per heavy atom. The van der Waals surface area contributed by atoms with Gasteiger partial charge in [-0.25, -0.2) is 4.79 Å². The third kappa shape index (κ3) is 8.50. The lowest BCUT2D eigenvalue weighted by molar-refractivity contribution is -0.192. The first kappa shape index (κ1) is 26.9. The van der Waals surface area contributed by atoms with Gasteiger partial charge in [0.1, 0.15) is 0 Å². The number of Topliss-reactive ketones (excluding diaryl/α,β-unsaturated/α-hetero) is 1. The smallest absolute Gasteiger partial charge is 0.475 e. The Kier molecular flexibility index (Phi) is 10.5. The number of hydrogen-bond donors (Lipinski definition) is 5. The van der Waals surface area contributed by atoms with Gasteiger partial charge in [-0.2, -0.15) is 25.8 Å². The quantitative estimate of drug-likeness (QED) is 0.391. The van der Waals surface area contributed by atoms with Crippen molar-refractivity contribution in [2.75, 3.05) is 25.4 Å². The number of alkyl halides is 3. The molecule has 1 aliphatic heterocycles. The average Bonchev–Trinajstić information content (AvgIpc) is 2.73. The number of ketones is 1. The van der Waals surface area contributed by atoms with E-state index in [9.17, 15) is 22.8 Å². The SMILES string of the molecule is Cc1ccccc1CC1(C(=O)NCC(=O)[C@@H](N)CS)CCNCC1.O=C(O)C(F)(F)F. The van der Waals surface area contributed by atoms with Crippen LogP contribution in [-0.4, -0.2) is 60.4 Å². The number of nitrogens with one attached hydrogen (secondary N) is 2. The fourth-order valence-corrected chi connectivity index (χ4v) is 3.35. The van der Waals surface area contributed by atoms with Gasteiger partial charge >= 0.3 is 12.1 Å². The van der Waals surface area contributed by atoms with Crippen LogP contribution in [0.2, 0.25) is 0 Å². The molecule has 1 amide bonds. The van der Waals surface area contributed by atoms with Crippen LogP contribution in [0.5, 0.6) is 0 Å². The molecule has 0 unspecified atom stereocenters. The van der Waals surface area contributed by atoms with Crippen molar-refractivity contribution >= 4 is 30.3 Å². The van der Waals surface area contributed by atoms with E-state index in [-0.39, 0.29) is 24.0 Å². The summed E-state index contributed by atoms with van der Waals surface area (Å²) >= 11 is 4.03. The van der Waals surface area contributed by atoms with Gasteiger partial charge in [-0.1, -0.05) is 24.3 Å². The average molecular weight is 464 g/mol. The molecule has 31 heavy (non-hydrogen) atoms. The monoisotopic (exact) mass is 463 g/mol. The predicted octanol–water partition coefficient (Wildman–Crippen LogP) is 1.48. The number of amides is 1. The Bertz CT molecular complexity index is 768. The second-order valence-electron chi connectivity index (χ2n) is 7.37. The molecule has 1 aliphatic rings. The number of carbonyl (C=O) groups excluding carboxylic acids is 2. The van der Waals surface area contributed by atoms with Crippen molar-refractivity contribution in [1.82, 2.24) is 10.6 Å². The summed E-state index contributed by atoms with van der Waals surface area (Å²) < 4.78 is 31.7. The van der Waals surface area contributed by atoms with Crippen molar-refractivity contribution < 1.29 is 32.7 Å². The number of hydrogen-bond acceptors (Lipinski definition) is 6. The number of rotatable bonds is 7. The molecule has 0 bridgehead atoms. The van der Waals surface area contributed by atoms with E-state index in [1.165, 1.54) is 11.1 Å². The van der Waals surface area contributed by atoms with Crippen LogP contribution in [0.25, 0.3) is 0 Å². The number of aliphatic carboxylic acids is 1. The standard InChI is InChI=1S/C18H27N3O2S.C2HF3O2/c1-13-4-2-3-5-14(13)10-18(6-8-20-9-7-18)17(23)21-11-16(22)15(19)12-24;3-2(4,5)1(6)7/h2-5,15,20,24H,6-12,19H2,1H3,(H,21,23);(H,6,7)/t15-;/m0./s1. The summed E-state index contributed by atoms with van der Waals surface area (Å²) in [6, 6.07) is 7.52. The first-order valence-electron chi connectivity index (χ1n) is 9.66. The predicted molar refractivity (Wildman–Crippen MR) is 113 cm³/mol. The number of thiol groups is 1. The normalized spacial score (nSPS) is 16.5. The van der Waals surface area contributed by atoms with Crippen LogP contribution in [0.3, 0.4) is 0 Å². The molecule has 5 N–H and O–H groups in total. The Hall–Kier alpha value is -2.11. The lowest BCUT2D eigenvalue weighted by atomic mass is 9.72. The molecule has 11 heteroatoms. The lowest BCUT2D eigenvalue weighted by Gasteiger charge is -2.36. The van der Waals surface area contributed by atoms with E-state index in [0.717, 1.165) is 25.9 Å². The number of halogens is 3. The van der Waals surface area contributed by atoms with E-state index in [4.69, 9.17) is 15.6 Å². The number of aryl methyl sites for hydroxylation is 1. The molecule has 1 atom stereocenters.